The van der Waals surface area contributed by atoms with E-state index in [0.29, 0.717) is 6.04 Å². The quantitative estimate of drug-likeness (QED) is 0.879. The number of benzene rings is 1. The summed E-state index contributed by atoms with van der Waals surface area (Å²) in [6.45, 7) is 3.07. The van der Waals surface area contributed by atoms with Gasteiger partial charge in [0.25, 0.3) is 0 Å². The Hall–Kier alpha value is -0.450. The lowest BCUT2D eigenvalue weighted by molar-refractivity contribution is 0.137. The largest absolute Gasteiger partial charge is 0.312 e. The zero-order valence-corrected chi connectivity index (χ0v) is 13.3. The van der Waals surface area contributed by atoms with Gasteiger partial charge in [0.15, 0.2) is 0 Å². The number of likely N-dealkylation sites (tertiary alicyclic amines) is 1. The number of piperidine rings is 1. The normalized spacial score (nSPS) is 24.0. The van der Waals surface area contributed by atoms with Crippen molar-refractivity contribution in [3.63, 3.8) is 0 Å². The first-order valence-electron chi connectivity index (χ1n) is 7.63. The van der Waals surface area contributed by atoms with Crippen LogP contribution < -0.4 is 5.32 Å². The molecule has 1 unspecified atom stereocenters. The molecule has 1 aromatic rings. The van der Waals surface area contributed by atoms with Crippen LogP contribution in [0.5, 0.6) is 0 Å². The lowest BCUT2D eigenvalue weighted by Gasteiger charge is -2.36. The van der Waals surface area contributed by atoms with Crippen molar-refractivity contribution in [2.24, 2.45) is 0 Å². The van der Waals surface area contributed by atoms with Crippen molar-refractivity contribution in [2.75, 3.05) is 13.1 Å². The van der Waals surface area contributed by atoms with E-state index in [4.69, 9.17) is 0 Å². The highest BCUT2D eigenvalue weighted by Crippen LogP contribution is 2.23. The van der Waals surface area contributed by atoms with E-state index >= 15 is 0 Å². The van der Waals surface area contributed by atoms with Crippen molar-refractivity contribution < 1.29 is 4.39 Å². The van der Waals surface area contributed by atoms with E-state index in [1.165, 1.54) is 38.2 Å². The molecule has 1 N–H and O–H groups in total. The topological polar surface area (TPSA) is 15.3 Å². The molecule has 20 heavy (non-hydrogen) atoms. The summed E-state index contributed by atoms with van der Waals surface area (Å²) in [4.78, 5) is 2.51. The number of hydrogen-bond donors (Lipinski definition) is 1. The van der Waals surface area contributed by atoms with Crippen LogP contribution >= 0.6 is 15.9 Å². The van der Waals surface area contributed by atoms with E-state index in [9.17, 15) is 4.39 Å². The Labute approximate surface area is 128 Å². The van der Waals surface area contributed by atoms with Gasteiger partial charge in [0, 0.05) is 29.6 Å². The van der Waals surface area contributed by atoms with Crippen molar-refractivity contribution in [1.82, 2.24) is 10.2 Å². The van der Waals surface area contributed by atoms with Gasteiger partial charge in [-0.15, -0.1) is 0 Å². The van der Waals surface area contributed by atoms with Gasteiger partial charge in [-0.25, -0.2) is 4.39 Å². The molecule has 1 saturated heterocycles. The average Bonchev–Trinajstić information content (AvgIpc) is 3.20. The summed E-state index contributed by atoms with van der Waals surface area (Å²) in [6.07, 6.45) is 6.51. The number of halogens is 2. The highest BCUT2D eigenvalue weighted by atomic mass is 79.9. The smallest absolute Gasteiger partial charge is 0.124 e. The van der Waals surface area contributed by atoms with E-state index in [1.807, 2.05) is 6.07 Å². The second-order valence-corrected chi connectivity index (χ2v) is 7.00. The fourth-order valence-corrected chi connectivity index (χ4v) is 3.54. The van der Waals surface area contributed by atoms with E-state index < -0.39 is 0 Å². The van der Waals surface area contributed by atoms with Gasteiger partial charge in [0.05, 0.1) is 0 Å². The Kier molecular flexibility index (Phi) is 4.74. The number of nitrogens with zero attached hydrogens (tertiary/aromatic N) is 1. The molecule has 1 saturated carbocycles. The van der Waals surface area contributed by atoms with Crippen LogP contribution in [0.3, 0.4) is 0 Å². The molecule has 0 radical (unpaired) electrons. The summed E-state index contributed by atoms with van der Waals surface area (Å²) in [5.74, 6) is -0.154. The van der Waals surface area contributed by atoms with Crippen molar-refractivity contribution in [1.29, 1.82) is 0 Å². The lowest BCUT2D eigenvalue weighted by atomic mass is 10.0. The zero-order chi connectivity index (χ0) is 13.9. The summed E-state index contributed by atoms with van der Waals surface area (Å²) in [6, 6.07) is 6.58. The maximum Gasteiger partial charge on any atom is 0.124 e. The predicted molar refractivity (Wildman–Crippen MR) is 83.2 cm³/mol. The molecule has 2 fully saturated rings. The molecule has 3 rings (SSSR count). The van der Waals surface area contributed by atoms with Gasteiger partial charge in [-0.05, 0) is 56.0 Å². The first-order valence-corrected chi connectivity index (χ1v) is 8.42. The Morgan fingerprint density at radius 2 is 2.05 bits per heavy atom. The first-order chi connectivity index (χ1) is 9.70. The molecular formula is C16H22BrFN2. The molecule has 1 aliphatic heterocycles. The number of nitrogens with one attached hydrogen (secondary N) is 1. The molecule has 1 heterocycles. The molecule has 0 aromatic heterocycles. The number of hydrogen-bond acceptors (Lipinski definition) is 2. The summed E-state index contributed by atoms with van der Waals surface area (Å²) < 4.78 is 14.3. The summed E-state index contributed by atoms with van der Waals surface area (Å²) in [5.41, 5.74) is 1.06. The van der Waals surface area contributed by atoms with Crippen LogP contribution in [0, 0.1) is 5.82 Å². The van der Waals surface area contributed by atoms with Crippen LogP contribution in [0.4, 0.5) is 4.39 Å². The Morgan fingerprint density at radius 1 is 1.20 bits per heavy atom. The molecule has 110 valence electrons. The van der Waals surface area contributed by atoms with Gasteiger partial charge in [0.1, 0.15) is 5.82 Å². The third-order valence-electron chi connectivity index (χ3n) is 4.28. The van der Waals surface area contributed by atoms with Crippen LogP contribution in [0.1, 0.15) is 37.7 Å². The molecule has 2 nitrogen and oxygen atoms in total. The SMILES string of the molecule is Fc1cc(Br)cc(CN2CCCCC2CNC2CC2)c1. The second-order valence-electron chi connectivity index (χ2n) is 6.08. The fraction of sp³-hybridized carbons (Fsp3) is 0.625. The molecule has 1 atom stereocenters. The van der Waals surface area contributed by atoms with Crippen LogP contribution in [0.15, 0.2) is 22.7 Å². The van der Waals surface area contributed by atoms with E-state index in [1.54, 1.807) is 6.07 Å². The third-order valence-corrected chi connectivity index (χ3v) is 4.73. The van der Waals surface area contributed by atoms with Crippen LogP contribution in [0.25, 0.3) is 0 Å². The monoisotopic (exact) mass is 340 g/mol. The van der Waals surface area contributed by atoms with E-state index in [2.05, 4.69) is 26.1 Å². The van der Waals surface area contributed by atoms with Gasteiger partial charge < -0.3 is 5.32 Å². The van der Waals surface area contributed by atoms with Crippen molar-refractivity contribution in [2.45, 2.75) is 50.7 Å². The average molecular weight is 341 g/mol. The number of rotatable bonds is 5. The second kappa shape index (κ2) is 6.54. The molecular weight excluding hydrogens is 319 g/mol. The predicted octanol–water partition coefficient (Wildman–Crippen LogP) is 3.69. The molecule has 4 heteroatoms. The minimum atomic E-state index is -0.154. The molecule has 1 aliphatic carbocycles. The van der Waals surface area contributed by atoms with Gasteiger partial charge in [0.2, 0.25) is 0 Å². The van der Waals surface area contributed by atoms with Crippen molar-refractivity contribution in [3.8, 4) is 0 Å². The van der Waals surface area contributed by atoms with Gasteiger partial charge >= 0.3 is 0 Å². The minimum Gasteiger partial charge on any atom is -0.312 e. The van der Waals surface area contributed by atoms with Crippen LogP contribution in [-0.2, 0) is 6.54 Å². The van der Waals surface area contributed by atoms with Gasteiger partial charge in [-0.2, -0.15) is 0 Å². The van der Waals surface area contributed by atoms with Crippen molar-refractivity contribution >= 4 is 15.9 Å². The zero-order valence-electron chi connectivity index (χ0n) is 11.7. The molecule has 0 amide bonds. The first kappa shape index (κ1) is 14.5. The maximum absolute atomic E-state index is 13.5. The molecule has 0 spiro atoms. The minimum absolute atomic E-state index is 0.154. The Bertz CT molecular complexity index is 442. The maximum atomic E-state index is 13.5. The molecule has 1 aromatic carbocycles. The van der Waals surface area contributed by atoms with E-state index in [0.717, 1.165) is 35.7 Å². The fourth-order valence-electron chi connectivity index (χ4n) is 3.03. The molecule has 0 bridgehead atoms. The Balaban J connectivity index is 1.62. The van der Waals surface area contributed by atoms with Crippen LogP contribution in [0.2, 0.25) is 0 Å². The highest BCUT2D eigenvalue weighted by molar-refractivity contribution is 9.10. The van der Waals surface area contributed by atoms with Crippen LogP contribution in [-0.4, -0.2) is 30.1 Å². The lowest BCUT2D eigenvalue weighted by Crippen LogP contribution is -2.45. The highest BCUT2D eigenvalue weighted by Gasteiger charge is 2.26. The summed E-state index contributed by atoms with van der Waals surface area (Å²) in [5, 5.41) is 3.64. The molecule has 2 aliphatic rings. The summed E-state index contributed by atoms with van der Waals surface area (Å²) >= 11 is 3.38. The summed E-state index contributed by atoms with van der Waals surface area (Å²) in [7, 11) is 0. The Morgan fingerprint density at radius 3 is 2.80 bits per heavy atom. The standard InChI is InChI=1S/C16H22BrFN2/c17-13-7-12(8-14(18)9-13)11-20-6-2-1-3-16(20)10-19-15-4-5-15/h7-9,15-16,19H,1-6,10-11H2. The van der Waals surface area contributed by atoms with E-state index in [-0.39, 0.29) is 5.82 Å². The third kappa shape index (κ3) is 4.03. The van der Waals surface area contributed by atoms with Gasteiger partial charge in [-0.3, -0.25) is 4.90 Å². The van der Waals surface area contributed by atoms with Gasteiger partial charge in [-0.1, -0.05) is 22.4 Å². The van der Waals surface area contributed by atoms with Crippen molar-refractivity contribution in [3.05, 3.63) is 34.1 Å².